The second kappa shape index (κ2) is 7.94. The standard InChI is InChI=1S/C18H22Cl2N2O3/c1-11(16-5-3-9-25-16)21-17(23)15-4-2-8-22(15)18(24)13-10-12(19)6-7-14(13)20/h6-7,10-11,15-16H,2-5,8-9H2,1H3,(H,21,23). The van der Waals surface area contributed by atoms with Crippen molar-refractivity contribution in [3.05, 3.63) is 33.8 Å². The molecule has 0 aromatic heterocycles. The second-order valence-corrected chi connectivity index (χ2v) is 7.47. The van der Waals surface area contributed by atoms with Crippen LogP contribution in [-0.2, 0) is 9.53 Å². The number of carbonyl (C=O) groups excluding carboxylic acids is 2. The van der Waals surface area contributed by atoms with Crippen molar-refractivity contribution in [1.82, 2.24) is 10.2 Å². The summed E-state index contributed by atoms with van der Waals surface area (Å²) >= 11 is 12.1. The first kappa shape index (κ1) is 18.5. The van der Waals surface area contributed by atoms with Crippen LogP contribution < -0.4 is 5.32 Å². The topological polar surface area (TPSA) is 58.6 Å². The molecule has 0 saturated carbocycles. The predicted octanol–water partition coefficient (Wildman–Crippen LogP) is 3.28. The van der Waals surface area contributed by atoms with Gasteiger partial charge in [0.2, 0.25) is 5.91 Å². The molecule has 2 saturated heterocycles. The summed E-state index contributed by atoms with van der Waals surface area (Å²) in [5.74, 6) is -0.387. The van der Waals surface area contributed by atoms with E-state index in [1.54, 1.807) is 23.1 Å². The van der Waals surface area contributed by atoms with E-state index in [1.165, 1.54) is 0 Å². The SMILES string of the molecule is CC(NC(=O)C1CCCN1C(=O)c1cc(Cl)ccc1Cl)C1CCCO1. The van der Waals surface area contributed by atoms with Gasteiger partial charge in [-0.3, -0.25) is 9.59 Å². The van der Waals surface area contributed by atoms with E-state index < -0.39 is 6.04 Å². The lowest BCUT2D eigenvalue weighted by Gasteiger charge is -2.27. The van der Waals surface area contributed by atoms with Crippen molar-refractivity contribution in [2.75, 3.05) is 13.2 Å². The highest BCUT2D eigenvalue weighted by Crippen LogP contribution is 2.26. The van der Waals surface area contributed by atoms with Crippen LogP contribution in [-0.4, -0.2) is 48.1 Å². The molecular formula is C18H22Cl2N2O3. The Morgan fingerprint density at radius 1 is 1.28 bits per heavy atom. The number of hydrogen-bond acceptors (Lipinski definition) is 3. The average Bonchev–Trinajstić information content (AvgIpc) is 3.27. The molecule has 3 unspecified atom stereocenters. The van der Waals surface area contributed by atoms with Crippen molar-refractivity contribution in [1.29, 1.82) is 0 Å². The Hall–Kier alpha value is -1.30. The molecule has 2 fully saturated rings. The number of likely N-dealkylation sites (tertiary alicyclic amines) is 1. The van der Waals surface area contributed by atoms with Gasteiger partial charge in [0.1, 0.15) is 6.04 Å². The lowest BCUT2D eigenvalue weighted by molar-refractivity contribution is -0.126. The number of nitrogens with zero attached hydrogens (tertiary/aromatic N) is 1. The van der Waals surface area contributed by atoms with Crippen LogP contribution in [0.15, 0.2) is 18.2 Å². The molecule has 7 heteroatoms. The summed E-state index contributed by atoms with van der Waals surface area (Å²) in [6.45, 7) is 3.23. The quantitative estimate of drug-likeness (QED) is 0.866. The Labute approximate surface area is 157 Å². The van der Waals surface area contributed by atoms with Gasteiger partial charge in [-0.25, -0.2) is 0 Å². The number of carbonyl (C=O) groups is 2. The van der Waals surface area contributed by atoms with Crippen LogP contribution in [0.4, 0.5) is 0 Å². The summed E-state index contributed by atoms with van der Waals surface area (Å²) < 4.78 is 5.62. The molecule has 5 nitrogen and oxygen atoms in total. The summed E-state index contributed by atoms with van der Waals surface area (Å²) in [5.41, 5.74) is 0.334. The second-order valence-electron chi connectivity index (χ2n) is 6.63. The van der Waals surface area contributed by atoms with Crippen molar-refractivity contribution in [2.24, 2.45) is 0 Å². The van der Waals surface area contributed by atoms with Crippen LogP contribution in [0.3, 0.4) is 0 Å². The van der Waals surface area contributed by atoms with E-state index in [4.69, 9.17) is 27.9 Å². The first-order valence-corrected chi connectivity index (χ1v) is 9.41. The van der Waals surface area contributed by atoms with Crippen LogP contribution in [0, 0.1) is 0 Å². The van der Waals surface area contributed by atoms with Gasteiger partial charge in [0.25, 0.3) is 5.91 Å². The number of amides is 2. The largest absolute Gasteiger partial charge is 0.376 e. The first-order valence-electron chi connectivity index (χ1n) is 8.65. The van der Waals surface area contributed by atoms with Gasteiger partial charge in [-0.2, -0.15) is 0 Å². The zero-order valence-corrected chi connectivity index (χ0v) is 15.6. The van der Waals surface area contributed by atoms with Gasteiger partial charge < -0.3 is 15.0 Å². The lowest BCUT2D eigenvalue weighted by atomic mass is 10.1. The van der Waals surface area contributed by atoms with Crippen molar-refractivity contribution in [3.8, 4) is 0 Å². The van der Waals surface area contributed by atoms with Crippen LogP contribution >= 0.6 is 23.2 Å². The summed E-state index contributed by atoms with van der Waals surface area (Å²) in [4.78, 5) is 27.1. The van der Waals surface area contributed by atoms with Crippen molar-refractivity contribution in [3.63, 3.8) is 0 Å². The number of rotatable bonds is 4. The molecule has 1 N–H and O–H groups in total. The number of nitrogens with one attached hydrogen (secondary N) is 1. The summed E-state index contributed by atoms with van der Waals surface area (Å²) in [5, 5.41) is 3.79. The molecule has 0 aliphatic carbocycles. The minimum Gasteiger partial charge on any atom is -0.376 e. The summed E-state index contributed by atoms with van der Waals surface area (Å²) in [6, 6.07) is 4.24. The minimum absolute atomic E-state index is 0.0527. The molecule has 2 aliphatic rings. The molecule has 0 radical (unpaired) electrons. The average molecular weight is 385 g/mol. The van der Waals surface area contributed by atoms with E-state index in [0.717, 1.165) is 25.9 Å². The molecule has 0 bridgehead atoms. The van der Waals surface area contributed by atoms with Gasteiger partial charge in [-0.15, -0.1) is 0 Å². The molecule has 1 aromatic rings. The molecule has 2 heterocycles. The third-order valence-electron chi connectivity index (χ3n) is 4.87. The van der Waals surface area contributed by atoms with Gasteiger partial charge >= 0.3 is 0 Å². The highest BCUT2D eigenvalue weighted by molar-refractivity contribution is 6.35. The maximum absolute atomic E-state index is 12.9. The van der Waals surface area contributed by atoms with E-state index in [0.29, 0.717) is 28.6 Å². The minimum atomic E-state index is -0.480. The highest BCUT2D eigenvalue weighted by Gasteiger charge is 2.36. The number of halogens is 2. The smallest absolute Gasteiger partial charge is 0.256 e. The van der Waals surface area contributed by atoms with Gasteiger partial charge in [0.15, 0.2) is 0 Å². The maximum atomic E-state index is 12.9. The normalized spacial score (nSPS) is 24.4. The third kappa shape index (κ3) is 4.10. The molecule has 25 heavy (non-hydrogen) atoms. The van der Waals surface area contributed by atoms with Crippen LogP contribution in [0.1, 0.15) is 43.0 Å². The van der Waals surface area contributed by atoms with Crippen molar-refractivity contribution >= 4 is 35.0 Å². The van der Waals surface area contributed by atoms with Gasteiger partial charge in [-0.1, -0.05) is 23.2 Å². The number of ether oxygens (including phenoxy) is 1. The Bertz CT molecular complexity index is 662. The molecule has 0 spiro atoms. The van der Waals surface area contributed by atoms with Gasteiger partial charge in [0.05, 0.1) is 22.7 Å². The number of benzene rings is 1. The Kier molecular flexibility index (Phi) is 5.87. The molecule has 3 rings (SSSR count). The predicted molar refractivity (Wildman–Crippen MR) is 97.1 cm³/mol. The summed E-state index contributed by atoms with van der Waals surface area (Å²) in [6.07, 6.45) is 3.46. The molecular weight excluding hydrogens is 363 g/mol. The zero-order valence-electron chi connectivity index (χ0n) is 14.1. The first-order chi connectivity index (χ1) is 12.0. The fourth-order valence-electron chi connectivity index (χ4n) is 3.51. The lowest BCUT2D eigenvalue weighted by Crippen LogP contribution is -2.50. The summed E-state index contributed by atoms with van der Waals surface area (Å²) in [7, 11) is 0. The number of hydrogen-bond donors (Lipinski definition) is 1. The van der Waals surface area contributed by atoms with Crippen LogP contribution in [0.25, 0.3) is 0 Å². The van der Waals surface area contributed by atoms with Crippen molar-refractivity contribution < 1.29 is 14.3 Å². The molecule has 136 valence electrons. The van der Waals surface area contributed by atoms with Crippen LogP contribution in [0.2, 0.25) is 10.0 Å². The third-order valence-corrected chi connectivity index (χ3v) is 5.43. The van der Waals surface area contributed by atoms with E-state index in [9.17, 15) is 9.59 Å². The highest BCUT2D eigenvalue weighted by atomic mass is 35.5. The molecule has 3 atom stereocenters. The van der Waals surface area contributed by atoms with E-state index >= 15 is 0 Å². The van der Waals surface area contributed by atoms with Gasteiger partial charge in [-0.05, 0) is 50.8 Å². The van der Waals surface area contributed by atoms with Crippen molar-refractivity contribution in [2.45, 2.75) is 50.8 Å². The fraction of sp³-hybridized carbons (Fsp3) is 0.556. The Balaban J connectivity index is 1.70. The van der Waals surface area contributed by atoms with Crippen LogP contribution in [0.5, 0.6) is 0 Å². The van der Waals surface area contributed by atoms with E-state index in [2.05, 4.69) is 5.32 Å². The van der Waals surface area contributed by atoms with E-state index in [1.807, 2.05) is 6.92 Å². The fourth-order valence-corrected chi connectivity index (χ4v) is 3.88. The molecule has 2 aliphatic heterocycles. The molecule has 1 aromatic carbocycles. The monoisotopic (exact) mass is 384 g/mol. The maximum Gasteiger partial charge on any atom is 0.256 e. The van der Waals surface area contributed by atoms with E-state index in [-0.39, 0.29) is 24.0 Å². The Morgan fingerprint density at radius 3 is 2.80 bits per heavy atom. The Morgan fingerprint density at radius 2 is 2.08 bits per heavy atom. The van der Waals surface area contributed by atoms with Gasteiger partial charge in [0, 0.05) is 18.2 Å². The molecule has 2 amide bonds. The zero-order chi connectivity index (χ0) is 18.0.